The topological polar surface area (TPSA) is 64.6 Å². The molecule has 0 radical (unpaired) electrons. The molecule has 0 saturated carbocycles. The van der Waals surface area contributed by atoms with Crippen LogP contribution >= 0.6 is 0 Å². The molecule has 26 heavy (non-hydrogen) atoms. The fourth-order valence-electron chi connectivity index (χ4n) is 2.63. The first-order chi connectivity index (χ1) is 12.4. The highest BCUT2D eigenvalue weighted by Crippen LogP contribution is 2.23. The number of nitrogens with one attached hydrogen (secondary N) is 1. The first-order valence-corrected chi connectivity index (χ1v) is 8.60. The average Bonchev–Trinajstić information content (AvgIpc) is 2.63. The SMILES string of the molecule is CCC(Oc1cc(C)ccc1C)C(=O)Nc1cccc(C(=O)OC)c1C. The number of methoxy groups -OCH3 is 1. The predicted molar refractivity (Wildman–Crippen MR) is 102 cm³/mol. The lowest BCUT2D eigenvalue weighted by atomic mass is 10.1. The molecule has 2 rings (SSSR count). The first kappa shape index (κ1) is 19.5. The zero-order valence-corrected chi connectivity index (χ0v) is 15.9. The van der Waals surface area contributed by atoms with E-state index in [9.17, 15) is 9.59 Å². The maximum atomic E-state index is 12.7. The second kappa shape index (κ2) is 8.52. The lowest BCUT2D eigenvalue weighted by Gasteiger charge is -2.20. The van der Waals surface area contributed by atoms with E-state index < -0.39 is 12.1 Å². The van der Waals surface area contributed by atoms with Gasteiger partial charge in [0, 0.05) is 5.69 Å². The van der Waals surface area contributed by atoms with Crippen LogP contribution in [0.4, 0.5) is 5.69 Å². The number of anilines is 1. The molecule has 0 aliphatic heterocycles. The molecule has 1 atom stereocenters. The Morgan fingerprint density at radius 3 is 2.50 bits per heavy atom. The Bertz CT molecular complexity index is 814. The van der Waals surface area contributed by atoms with Crippen molar-refractivity contribution < 1.29 is 19.1 Å². The highest BCUT2D eigenvalue weighted by Gasteiger charge is 2.21. The van der Waals surface area contributed by atoms with Gasteiger partial charge in [0.15, 0.2) is 6.10 Å². The van der Waals surface area contributed by atoms with Crippen LogP contribution in [0.15, 0.2) is 36.4 Å². The molecule has 138 valence electrons. The normalized spacial score (nSPS) is 11.6. The summed E-state index contributed by atoms with van der Waals surface area (Å²) in [5.74, 6) is 0.0165. The Kier molecular flexibility index (Phi) is 6.39. The minimum atomic E-state index is -0.628. The average molecular weight is 355 g/mol. The van der Waals surface area contributed by atoms with Crippen molar-refractivity contribution in [1.29, 1.82) is 0 Å². The van der Waals surface area contributed by atoms with Crippen LogP contribution < -0.4 is 10.1 Å². The number of hydrogen-bond donors (Lipinski definition) is 1. The van der Waals surface area contributed by atoms with Gasteiger partial charge >= 0.3 is 5.97 Å². The summed E-state index contributed by atoms with van der Waals surface area (Å²) in [6.07, 6.45) is -0.105. The Hall–Kier alpha value is -2.82. The summed E-state index contributed by atoms with van der Waals surface area (Å²) in [7, 11) is 1.33. The van der Waals surface area contributed by atoms with Gasteiger partial charge in [-0.3, -0.25) is 4.79 Å². The van der Waals surface area contributed by atoms with Gasteiger partial charge in [-0.1, -0.05) is 25.1 Å². The fourth-order valence-corrected chi connectivity index (χ4v) is 2.63. The Balaban J connectivity index is 2.19. The maximum Gasteiger partial charge on any atom is 0.338 e. The quantitative estimate of drug-likeness (QED) is 0.789. The van der Waals surface area contributed by atoms with Crippen molar-refractivity contribution in [2.75, 3.05) is 12.4 Å². The van der Waals surface area contributed by atoms with E-state index in [1.807, 2.05) is 39.0 Å². The van der Waals surface area contributed by atoms with Crippen molar-refractivity contribution in [3.63, 3.8) is 0 Å². The summed E-state index contributed by atoms with van der Waals surface area (Å²) in [5.41, 5.74) is 3.71. The van der Waals surface area contributed by atoms with Crippen molar-refractivity contribution in [1.82, 2.24) is 0 Å². The molecule has 2 aromatic carbocycles. The molecule has 1 amide bonds. The van der Waals surface area contributed by atoms with Crippen molar-refractivity contribution in [3.05, 3.63) is 58.7 Å². The van der Waals surface area contributed by atoms with Gasteiger partial charge in [-0.15, -0.1) is 0 Å². The van der Waals surface area contributed by atoms with E-state index in [2.05, 4.69) is 5.32 Å². The molecule has 5 heteroatoms. The third kappa shape index (κ3) is 4.42. The van der Waals surface area contributed by atoms with E-state index in [4.69, 9.17) is 9.47 Å². The van der Waals surface area contributed by atoms with Crippen molar-refractivity contribution >= 4 is 17.6 Å². The van der Waals surface area contributed by atoms with Gasteiger partial charge < -0.3 is 14.8 Å². The molecule has 0 saturated heterocycles. The van der Waals surface area contributed by atoms with Crippen molar-refractivity contribution in [3.8, 4) is 5.75 Å². The van der Waals surface area contributed by atoms with Gasteiger partial charge in [0.05, 0.1) is 12.7 Å². The summed E-state index contributed by atoms with van der Waals surface area (Å²) >= 11 is 0. The van der Waals surface area contributed by atoms with Gasteiger partial charge in [0.25, 0.3) is 5.91 Å². The van der Waals surface area contributed by atoms with Gasteiger partial charge in [0.1, 0.15) is 5.75 Å². The number of rotatable bonds is 6. The third-order valence-corrected chi connectivity index (χ3v) is 4.27. The molecule has 0 spiro atoms. The molecular formula is C21H25NO4. The summed E-state index contributed by atoms with van der Waals surface area (Å²) in [4.78, 5) is 24.5. The van der Waals surface area contributed by atoms with Crippen molar-refractivity contribution in [2.24, 2.45) is 0 Å². The molecule has 0 fully saturated rings. The zero-order chi connectivity index (χ0) is 19.3. The Morgan fingerprint density at radius 2 is 1.85 bits per heavy atom. The van der Waals surface area contributed by atoms with E-state index in [1.54, 1.807) is 25.1 Å². The Morgan fingerprint density at radius 1 is 1.12 bits per heavy atom. The largest absolute Gasteiger partial charge is 0.480 e. The molecule has 5 nitrogen and oxygen atoms in total. The molecule has 0 aromatic heterocycles. The number of esters is 1. The van der Waals surface area contributed by atoms with E-state index in [0.29, 0.717) is 29.0 Å². The van der Waals surface area contributed by atoms with Crippen molar-refractivity contribution in [2.45, 2.75) is 40.2 Å². The van der Waals surface area contributed by atoms with Crippen LogP contribution in [0.3, 0.4) is 0 Å². The summed E-state index contributed by atoms with van der Waals surface area (Å²) in [6, 6.07) is 11.0. The van der Waals surface area contributed by atoms with Gasteiger partial charge in [-0.2, -0.15) is 0 Å². The second-order valence-corrected chi connectivity index (χ2v) is 6.24. The third-order valence-electron chi connectivity index (χ3n) is 4.27. The molecule has 2 aromatic rings. The van der Waals surface area contributed by atoms with E-state index in [0.717, 1.165) is 11.1 Å². The van der Waals surface area contributed by atoms with Crippen LogP contribution in [0, 0.1) is 20.8 Å². The predicted octanol–water partition coefficient (Wildman–Crippen LogP) is 4.19. The lowest BCUT2D eigenvalue weighted by Crippen LogP contribution is -2.33. The monoisotopic (exact) mass is 355 g/mol. The number of benzene rings is 2. The molecule has 0 aliphatic carbocycles. The molecule has 0 aliphatic rings. The van der Waals surface area contributed by atoms with Gasteiger partial charge in [-0.25, -0.2) is 4.79 Å². The standard InChI is InChI=1S/C21H25NO4/c1-6-18(26-19-12-13(2)10-11-14(19)3)20(23)22-17-9-7-8-16(15(17)4)21(24)25-5/h7-12,18H,6H2,1-5H3,(H,22,23). The highest BCUT2D eigenvalue weighted by molar-refractivity contribution is 5.98. The van der Waals surface area contributed by atoms with Crippen LogP contribution in [-0.2, 0) is 9.53 Å². The summed E-state index contributed by atoms with van der Waals surface area (Å²) in [6.45, 7) is 7.60. The van der Waals surface area contributed by atoms with E-state index in [1.165, 1.54) is 7.11 Å². The summed E-state index contributed by atoms with van der Waals surface area (Å²) in [5, 5.41) is 2.86. The van der Waals surface area contributed by atoms with Gasteiger partial charge in [-0.05, 0) is 62.1 Å². The number of carbonyl (C=O) groups is 2. The second-order valence-electron chi connectivity index (χ2n) is 6.24. The smallest absolute Gasteiger partial charge is 0.338 e. The van der Waals surface area contributed by atoms with Gasteiger partial charge in [0.2, 0.25) is 0 Å². The van der Waals surface area contributed by atoms with Crippen LogP contribution in [-0.4, -0.2) is 25.1 Å². The van der Waals surface area contributed by atoms with Crippen LogP contribution in [0.1, 0.15) is 40.4 Å². The molecule has 0 bridgehead atoms. The minimum absolute atomic E-state index is 0.251. The lowest BCUT2D eigenvalue weighted by molar-refractivity contribution is -0.122. The van der Waals surface area contributed by atoms with Crippen LogP contribution in [0.5, 0.6) is 5.75 Å². The number of carbonyl (C=O) groups excluding carboxylic acids is 2. The number of aryl methyl sites for hydroxylation is 2. The number of amides is 1. The summed E-state index contributed by atoms with van der Waals surface area (Å²) < 4.78 is 10.7. The molecular weight excluding hydrogens is 330 g/mol. The zero-order valence-electron chi connectivity index (χ0n) is 15.9. The molecule has 1 unspecified atom stereocenters. The Labute approximate surface area is 154 Å². The fraction of sp³-hybridized carbons (Fsp3) is 0.333. The highest BCUT2D eigenvalue weighted by atomic mass is 16.5. The minimum Gasteiger partial charge on any atom is -0.480 e. The number of hydrogen-bond acceptors (Lipinski definition) is 4. The maximum absolute atomic E-state index is 12.7. The first-order valence-electron chi connectivity index (χ1n) is 8.60. The van der Waals surface area contributed by atoms with Crippen LogP contribution in [0.2, 0.25) is 0 Å². The van der Waals surface area contributed by atoms with E-state index >= 15 is 0 Å². The molecule has 1 N–H and O–H groups in total. The van der Waals surface area contributed by atoms with Crippen LogP contribution in [0.25, 0.3) is 0 Å². The molecule has 0 heterocycles. The number of ether oxygens (including phenoxy) is 2. The van der Waals surface area contributed by atoms with E-state index in [-0.39, 0.29) is 5.91 Å².